The quantitative estimate of drug-likeness (QED) is 0.687. The Morgan fingerprint density at radius 3 is 2.58 bits per heavy atom. The van der Waals surface area contributed by atoms with Crippen molar-refractivity contribution < 1.29 is 9.05 Å². The topological polar surface area (TPSA) is 95.7 Å². The van der Waals surface area contributed by atoms with E-state index in [-0.39, 0.29) is 0 Å². The van der Waals surface area contributed by atoms with E-state index in [9.17, 15) is 0 Å². The van der Waals surface area contributed by atoms with E-state index in [1.54, 1.807) is 17.8 Å². The summed E-state index contributed by atoms with van der Waals surface area (Å²) >= 11 is 0. The van der Waals surface area contributed by atoms with Crippen molar-refractivity contribution in [2.45, 2.75) is 26.8 Å². The maximum atomic E-state index is 5.15. The molecule has 0 aliphatic rings. The predicted molar refractivity (Wildman–Crippen MR) is 62.2 cm³/mol. The van der Waals surface area contributed by atoms with E-state index in [0.717, 1.165) is 5.56 Å². The number of nitrogens with zero attached hydrogens (tertiary/aromatic N) is 6. The lowest BCUT2D eigenvalue weighted by Crippen LogP contribution is -2.00. The van der Waals surface area contributed by atoms with Gasteiger partial charge in [0.15, 0.2) is 11.6 Å². The molecule has 0 N–H and O–H groups in total. The van der Waals surface area contributed by atoms with Gasteiger partial charge in [0.25, 0.3) is 0 Å². The lowest BCUT2D eigenvalue weighted by atomic mass is 10.4. The van der Waals surface area contributed by atoms with Gasteiger partial charge in [-0.1, -0.05) is 10.3 Å². The van der Waals surface area contributed by atoms with E-state index in [4.69, 9.17) is 9.05 Å². The van der Waals surface area contributed by atoms with E-state index >= 15 is 0 Å². The van der Waals surface area contributed by atoms with Gasteiger partial charge in [0.05, 0.1) is 12.6 Å². The molecular weight excluding hydrogens is 248 g/mol. The number of aromatic nitrogens is 6. The summed E-state index contributed by atoms with van der Waals surface area (Å²) in [6.07, 6.45) is 4.07. The van der Waals surface area contributed by atoms with Crippen LogP contribution in [0, 0.1) is 13.8 Å². The van der Waals surface area contributed by atoms with Crippen molar-refractivity contribution in [3.05, 3.63) is 41.4 Å². The van der Waals surface area contributed by atoms with E-state index in [0.29, 0.717) is 36.4 Å². The molecule has 3 rings (SSSR count). The molecule has 19 heavy (non-hydrogen) atoms. The Balaban J connectivity index is 1.69. The number of rotatable bonds is 4. The number of hydrogen-bond acceptors (Lipinski definition) is 7. The van der Waals surface area contributed by atoms with Crippen LogP contribution in [0.2, 0.25) is 0 Å². The first-order valence-electron chi connectivity index (χ1n) is 5.79. The lowest BCUT2D eigenvalue weighted by Gasteiger charge is -1.93. The summed E-state index contributed by atoms with van der Waals surface area (Å²) in [5.41, 5.74) is 1.09. The molecular formula is C11H12N6O2. The molecule has 0 saturated heterocycles. The van der Waals surface area contributed by atoms with Crippen molar-refractivity contribution in [2.24, 2.45) is 0 Å². The van der Waals surface area contributed by atoms with E-state index in [1.165, 1.54) is 0 Å². The molecule has 8 nitrogen and oxygen atoms in total. The Bertz CT molecular complexity index is 626. The molecule has 0 saturated carbocycles. The minimum atomic E-state index is 0.388. The Morgan fingerprint density at radius 1 is 1.11 bits per heavy atom. The van der Waals surface area contributed by atoms with Crippen molar-refractivity contribution in [1.29, 1.82) is 0 Å². The third-order valence-corrected chi connectivity index (χ3v) is 2.46. The van der Waals surface area contributed by atoms with Crippen LogP contribution in [0.4, 0.5) is 0 Å². The van der Waals surface area contributed by atoms with Gasteiger partial charge in [-0.2, -0.15) is 15.1 Å². The van der Waals surface area contributed by atoms with Crippen molar-refractivity contribution in [3.63, 3.8) is 0 Å². The first-order valence-corrected chi connectivity index (χ1v) is 5.79. The van der Waals surface area contributed by atoms with Gasteiger partial charge in [-0.3, -0.25) is 4.68 Å². The van der Waals surface area contributed by atoms with Crippen LogP contribution in [-0.2, 0) is 13.0 Å². The summed E-state index contributed by atoms with van der Waals surface area (Å²) in [6.45, 7) is 4.16. The molecule has 3 aromatic rings. The van der Waals surface area contributed by atoms with Crippen molar-refractivity contribution >= 4 is 0 Å². The molecule has 0 fully saturated rings. The molecule has 0 aromatic carbocycles. The van der Waals surface area contributed by atoms with Crippen molar-refractivity contribution in [2.75, 3.05) is 0 Å². The van der Waals surface area contributed by atoms with Gasteiger partial charge in [0.2, 0.25) is 11.8 Å². The molecule has 3 aromatic heterocycles. The van der Waals surface area contributed by atoms with Gasteiger partial charge in [-0.15, -0.1) is 0 Å². The molecule has 8 heteroatoms. The minimum Gasteiger partial charge on any atom is -0.340 e. The highest BCUT2D eigenvalue weighted by Crippen LogP contribution is 2.05. The average Bonchev–Trinajstić information content (AvgIpc) is 3.05. The van der Waals surface area contributed by atoms with Crippen molar-refractivity contribution in [1.82, 2.24) is 30.1 Å². The minimum absolute atomic E-state index is 0.388. The zero-order valence-electron chi connectivity index (χ0n) is 10.6. The van der Waals surface area contributed by atoms with Gasteiger partial charge in [0.1, 0.15) is 6.54 Å². The average molecular weight is 260 g/mol. The monoisotopic (exact) mass is 260 g/mol. The number of hydrogen-bond donors (Lipinski definition) is 0. The van der Waals surface area contributed by atoms with Gasteiger partial charge >= 0.3 is 0 Å². The molecule has 0 aliphatic carbocycles. The molecule has 0 radical (unpaired) electrons. The molecule has 0 atom stereocenters. The fourth-order valence-corrected chi connectivity index (χ4v) is 1.67. The summed E-state index contributed by atoms with van der Waals surface area (Å²) in [5, 5.41) is 11.8. The molecule has 0 aliphatic heterocycles. The summed E-state index contributed by atoms with van der Waals surface area (Å²) in [5.74, 6) is 2.09. The smallest absolute Gasteiger partial charge is 0.248 e. The van der Waals surface area contributed by atoms with Crippen LogP contribution in [0.5, 0.6) is 0 Å². The highest BCUT2D eigenvalue weighted by atomic mass is 16.5. The van der Waals surface area contributed by atoms with Crippen LogP contribution < -0.4 is 0 Å². The van der Waals surface area contributed by atoms with Gasteiger partial charge in [-0.25, -0.2) is 0 Å². The largest absolute Gasteiger partial charge is 0.340 e. The molecule has 0 spiro atoms. The lowest BCUT2D eigenvalue weighted by molar-refractivity contribution is 0.361. The summed E-state index contributed by atoms with van der Waals surface area (Å²) < 4.78 is 11.8. The van der Waals surface area contributed by atoms with Crippen LogP contribution in [0.25, 0.3) is 0 Å². The van der Waals surface area contributed by atoms with Crippen LogP contribution in [0.1, 0.15) is 29.0 Å². The highest BCUT2D eigenvalue weighted by molar-refractivity contribution is 5.01. The molecule has 3 heterocycles. The van der Waals surface area contributed by atoms with Gasteiger partial charge in [-0.05, 0) is 12.5 Å². The Morgan fingerprint density at radius 2 is 1.89 bits per heavy atom. The second-order valence-electron chi connectivity index (χ2n) is 4.23. The summed E-state index contributed by atoms with van der Waals surface area (Å²) in [6, 6.07) is 0. The Labute approximate surface area is 108 Å². The first-order chi connectivity index (χ1) is 9.19. The van der Waals surface area contributed by atoms with Crippen LogP contribution in [0.15, 0.2) is 21.4 Å². The first kappa shape index (κ1) is 11.6. The van der Waals surface area contributed by atoms with Crippen LogP contribution in [0.3, 0.4) is 0 Å². The zero-order valence-corrected chi connectivity index (χ0v) is 10.6. The van der Waals surface area contributed by atoms with E-state index < -0.39 is 0 Å². The highest BCUT2D eigenvalue weighted by Gasteiger charge is 2.11. The van der Waals surface area contributed by atoms with Crippen LogP contribution in [-0.4, -0.2) is 30.1 Å². The normalized spacial score (nSPS) is 11.1. The third-order valence-electron chi connectivity index (χ3n) is 2.46. The molecule has 0 unspecified atom stereocenters. The molecule has 0 bridgehead atoms. The van der Waals surface area contributed by atoms with E-state index in [2.05, 4.69) is 25.4 Å². The fourth-order valence-electron chi connectivity index (χ4n) is 1.67. The van der Waals surface area contributed by atoms with Gasteiger partial charge < -0.3 is 9.05 Å². The summed E-state index contributed by atoms with van der Waals surface area (Å²) in [4.78, 5) is 8.34. The SMILES string of the molecule is Cc1cnn(Cc2nc(Cc3noc(C)n3)no2)c1. The Kier molecular flexibility index (Phi) is 2.82. The maximum absolute atomic E-state index is 5.15. The van der Waals surface area contributed by atoms with E-state index in [1.807, 2.05) is 13.1 Å². The standard InChI is InChI=1S/C11H12N6O2/c1-7-4-12-17(5-7)6-11-14-10(16-19-11)3-9-13-8(2)18-15-9/h4-5H,3,6H2,1-2H3. The third kappa shape index (κ3) is 2.67. The molecule has 98 valence electrons. The van der Waals surface area contributed by atoms with Gasteiger partial charge in [0, 0.05) is 13.1 Å². The second kappa shape index (κ2) is 4.63. The maximum Gasteiger partial charge on any atom is 0.248 e. The Hall–Kier alpha value is -2.51. The zero-order chi connectivity index (χ0) is 13.2. The summed E-state index contributed by atoms with van der Waals surface area (Å²) in [7, 11) is 0. The molecule has 0 amide bonds. The van der Waals surface area contributed by atoms with Crippen molar-refractivity contribution in [3.8, 4) is 0 Å². The number of aryl methyl sites for hydroxylation is 2. The van der Waals surface area contributed by atoms with Crippen LogP contribution >= 0.6 is 0 Å². The predicted octanol–water partition coefficient (Wildman–Crippen LogP) is 0.905. The second-order valence-corrected chi connectivity index (χ2v) is 4.23. The fraction of sp³-hybridized carbons (Fsp3) is 0.364.